The Balaban J connectivity index is 1.90. The number of sulfonamides is 1. The minimum Gasteiger partial charge on any atom is -0.268 e. The Morgan fingerprint density at radius 3 is 2.18 bits per heavy atom. The normalized spacial score (nSPS) is 13.5. The molecule has 0 aliphatic carbocycles. The third-order valence-electron chi connectivity index (χ3n) is 4.46. The fourth-order valence-electron chi connectivity index (χ4n) is 3.24. The second-order valence-electron chi connectivity index (χ2n) is 6.03. The second-order valence-corrected chi connectivity index (χ2v) is 7.60. The van der Waals surface area contributed by atoms with Gasteiger partial charge >= 0.3 is 0 Å². The largest absolute Gasteiger partial charge is 0.268 e. The van der Waals surface area contributed by atoms with Gasteiger partial charge < -0.3 is 0 Å². The van der Waals surface area contributed by atoms with E-state index in [0.717, 1.165) is 4.90 Å². The SMILES string of the molecule is [N-]=[N+]=Nc1ccc2c3c(cccc13)C(=O)N(c1ccc(S(N)(=O)=O)cc1)C2=O. The molecule has 0 bridgehead atoms. The number of imide groups is 1. The molecular weight excluding hydrogens is 382 g/mol. The van der Waals surface area contributed by atoms with E-state index in [0.29, 0.717) is 16.5 Å². The highest BCUT2D eigenvalue weighted by molar-refractivity contribution is 7.89. The lowest BCUT2D eigenvalue weighted by molar-refractivity contribution is 0.0893. The fourth-order valence-corrected chi connectivity index (χ4v) is 3.75. The van der Waals surface area contributed by atoms with Gasteiger partial charge in [0.2, 0.25) is 10.0 Å². The number of amides is 2. The molecule has 0 unspecified atom stereocenters. The lowest BCUT2D eigenvalue weighted by Gasteiger charge is -2.27. The van der Waals surface area contributed by atoms with Gasteiger partial charge in [-0.1, -0.05) is 23.3 Å². The standard InChI is InChI=1S/C18H11N5O4S/c19-22-21-15-9-8-14-16-12(15)2-1-3-13(16)17(24)23(18(14)25)10-4-6-11(7-5-10)28(20,26)27/h1-9H,(H2,20,26,27). The molecule has 0 radical (unpaired) electrons. The van der Waals surface area contributed by atoms with Gasteiger partial charge in [-0.3, -0.25) is 9.59 Å². The van der Waals surface area contributed by atoms with E-state index >= 15 is 0 Å². The van der Waals surface area contributed by atoms with E-state index in [1.165, 1.54) is 36.4 Å². The molecule has 0 spiro atoms. The Hall–Kier alpha value is -3.72. The summed E-state index contributed by atoms with van der Waals surface area (Å²) in [6.45, 7) is 0. The van der Waals surface area contributed by atoms with Crippen LogP contribution in [0.25, 0.3) is 21.2 Å². The van der Waals surface area contributed by atoms with Crippen molar-refractivity contribution in [3.05, 3.63) is 76.2 Å². The first-order valence-corrected chi connectivity index (χ1v) is 9.50. The zero-order chi connectivity index (χ0) is 20.1. The summed E-state index contributed by atoms with van der Waals surface area (Å²) in [4.78, 5) is 29.7. The minimum absolute atomic E-state index is 0.130. The average Bonchev–Trinajstić information content (AvgIpc) is 2.67. The van der Waals surface area contributed by atoms with Crippen LogP contribution in [0.1, 0.15) is 20.7 Å². The van der Waals surface area contributed by atoms with Crippen molar-refractivity contribution in [1.29, 1.82) is 0 Å². The summed E-state index contributed by atoms with van der Waals surface area (Å²) >= 11 is 0. The van der Waals surface area contributed by atoms with Gasteiger partial charge in [0.15, 0.2) is 0 Å². The monoisotopic (exact) mass is 393 g/mol. The Bertz CT molecular complexity index is 1300. The predicted octanol–water partition coefficient (Wildman–Crippen LogP) is 3.23. The zero-order valence-electron chi connectivity index (χ0n) is 14.1. The van der Waals surface area contributed by atoms with Gasteiger partial charge in [-0.2, -0.15) is 0 Å². The van der Waals surface area contributed by atoms with Gasteiger partial charge in [-0.05, 0) is 47.3 Å². The second kappa shape index (κ2) is 6.17. The Morgan fingerprint density at radius 2 is 1.57 bits per heavy atom. The fraction of sp³-hybridized carbons (Fsp3) is 0. The van der Waals surface area contributed by atoms with Crippen molar-refractivity contribution in [2.24, 2.45) is 10.3 Å². The maximum atomic E-state index is 13.0. The number of benzene rings is 3. The lowest BCUT2D eigenvalue weighted by atomic mass is 9.93. The van der Waals surface area contributed by atoms with E-state index in [9.17, 15) is 18.0 Å². The summed E-state index contributed by atoms with van der Waals surface area (Å²) in [5.74, 6) is -1.13. The number of hydrogen-bond acceptors (Lipinski definition) is 5. The highest BCUT2D eigenvalue weighted by Gasteiger charge is 2.34. The molecular formula is C18H11N5O4S. The topological polar surface area (TPSA) is 146 Å². The first kappa shape index (κ1) is 17.7. The first-order valence-electron chi connectivity index (χ1n) is 7.95. The maximum absolute atomic E-state index is 13.0. The number of anilines is 1. The van der Waals surface area contributed by atoms with E-state index in [1.807, 2.05) is 0 Å². The minimum atomic E-state index is -3.90. The summed E-state index contributed by atoms with van der Waals surface area (Å²) in [5.41, 5.74) is 9.81. The molecule has 9 nitrogen and oxygen atoms in total. The molecule has 0 atom stereocenters. The van der Waals surface area contributed by atoms with Crippen LogP contribution >= 0.6 is 0 Å². The van der Waals surface area contributed by atoms with Crippen LogP contribution in [0.3, 0.4) is 0 Å². The number of nitrogens with zero attached hydrogens (tertiary/aromatic N) is 4. The molecule has 2 amide bonds. The molecule has 4 rings (SSSR count). The number of rotatable bonds is 3. The molecule has 0 aromatic heterocycles. The van der Waals surface area contributed by atoms with Gasteiger partial charge in [-0.15, -0.1) is 0 Å². The van der Waals surface area contributed by atoms with E-state index in [4.69, 9.17) is 10.7 Å². The first-order chi connectivity index (χ1) is 13.3. The average molecular weight is 393 g/mol. The number of primary sulfonamides is 1. The third kappa shape index (κ3) is 2.60. The third-order valence-corrected chi connectivity index (χ3v) is 5.39. The summed E-state index contributed by atoms with van der Waals surface area (Å²) in [7, 11) is -3.90. The Kier molecular flexibility index (Phi) is 3.90. The van der Waals surface area contributed by atoms with E-state index in [-0.39, 0.29) is 21.7 Å². The van der Waals surface area contributed by atoms with Crippen LogP contribution < -0.4 is 10.0 Å². The van der Waals surface area contributed by atoms with E-state index < -0.39 is 21.8 Å². The summed E-state index contributed by atoms with van der Waals surface area (Å²) in [6.07, 6.45) is 0. The Morgan fingerprint density at radius 1 is 0.929 bits per heavy atom. The number of azide groups is 1. The van der Waals surface area contributed by atoms with Crippen LogP contribution in [0.5, 0.6) is 0 Å². The number of carbonyl (C=O) groups excluding carboxylic acids is 2. The summed E-state index contributed by atoms with van der Waals surface area (Å²) in [6, 6.07) is 13.0. The highest BCUT2D eigenvalue weighted by Crippen LogP contribution is 2.37. The number of hydrogen-bond donors (Lipinski definition) is 1. The summed E-state index contributed by atoms with van der Waals surface area (Å²) < 4.78 is 22.8. The van der Waals surface area contributed by atoms with Gasteiger partial charge in [0.05, 0.1) is 10.6 Å². The molecule has 138 valence electrons. The van der Waals surface area contributed by atoms with Crippen molar-refractivity contribution in [3.8, 4) is 0 Å². The van der Waals surface area contributed by atoms with E-state index in [2.05, 4.69) is 10.0 Å². The summed E-state index contributed by atoms with van der Waals surface area (Å²) in [5, 5.41) is 9.61. The lowest BCUT2D eigenvalue weighted by Crippen LogP contribution is -2.40. The quantitative estimate of drug-likeness (QED) is 0.315. The molecule has 0 saturated heterocycles. The van der Waals surface area contributed by atoms with Gasteiger partial charge in [-0.25, -0.2) is 18.5 Å². The van der Waals surface area contributed by atoms with Gasteiger partial charge in [0.25, 0.3) is 11.8 Å². The van der Waals surface area contributed by atoms with Crippen molar-refractivity contribution in [3.63, 3.8) is 0 Å². The molecule has 1 aliphatic heterocycles. The maximum Gasteiger partial charge on any atom is 0.265 e. The van der Waals surface area contributed by atoms with Gasteiger partial charge in [0.1, 0.15) is 0 Å². The highest BCUT2D eigenvalue weighted by atomic mass is 32.2. The number of carbonyl (C=O) groups is 2. The molecule has 28 heavy (non-hydrogen) atoms. The molecule has 1 aliphatic rings. The van der Waals surface area contributed by atoms with Crippen LogP contribution in [0.15, 0.2) is 64.6 Å². The predicted molar refractivity (Wildman–Crippen MR) is 102 cm³/mol. The Labute approximate surface area is 158 Å². The van der Waals surface area contributed by atoms with Crippen molar-refractivity contribution in [1.82, 2.24) is 0 Å². The zero-order valence-corrected chi connectivity index (χ0v) is 14.9. The molecule has 3 aromatic rings. The van der Waals surface area contributed by atoms with Crippen LogP contribution in [0, 0.1) is 0 Å². The number of nitrogens with two attached hydrogens (primary N) is 1. The van der Waals surface area contributed by atoms with Crippen molar-refractivity contribution in [2.45, 2.75) is 4.90 Å². The van der Waals surface area contributed by atoms with Crippen LogP contribution in [0.4, 0.5) is 11.4 Å². The van der Waals surface area contributed by atoms with Crippen LogP contribution in [-0.4, -0.2) is 20.2 Å². The van der Waals surface area contributed by atoms with Crippen molar-refractivity contribution in [2.75, 3.05) is 4.90 Å². The molecule has 0 fully saturated rings. The molecule has 10 heteroatoms. The van der Waals surface area contributed by atoms with E-state index in [1.54, 1.807) is 18.2 Å². The van der Waals surface area contributed by atoms with Gasteiger partial charge in [0, 0.05) is 27.1 Å². The van der Waals surface area contributed by atoms with Crippen LogP contribution in [0.2, 0.25) is 0 Å². The molecule has 1 heterocycles. The van der Waals surface area contributed by atoms with Crippen LogP contribution in [-0.2, 0) is 10.0 Å². The smallest absolute Gasteiger partial charge is 0.265 e. The molecule has 3 aromatic carbocycles. The van der Waals surface area contributed by atoms with Crippen molar-refractivity contribution >= 4 is 44.0 Å². The van der Waals surface area contributed by atoms with Crippen molar-refractivity contribution < 1.29 is 18.0 Å². The molecule has 0 saturated carbocycles. The molecule has 2 N–H and O–H groups in total.